The predicted molar refractivity (Wildman–Crippen MR) is 271 cm³/mol. The van der Waals surface area contributed by atoms with Crippen molar-refractivity contribution in [2.75, 3.05) is 59.8 Å². The molecule has 0 spiro atoms. The third kappa shape index (κ3) is 11.4. The van der Waals surface area contributed by atoms with Crippen LogP contribution in [0.25, 0.3) is 22.1 Å². The van der Waals surface area contributed by atoms with E-state index in [1.54, 1.807) is 6.07 Å². The van der Waals surface area contributed by atoms with Gasteiger partial charge in [0.15, 0.2) is 0 Å². The SMILES string of the molecule is CN(c1ccc2c(c1)nc(C(C)(C)C)n2CC1CCOCC1)S(=O)(=O)c1ccc(NC=O)nc1.CN(c1ccc2c(c1)nc(C(C)(C)C)n2CC1CCOCC1)S(=O)(=O)c1cnc(NC=O)c(Br)c1. The highest BCUT2D eigenvalue weighted by Crippen LogP contribution is 2.35. The number of fused-ring (bicyclic) bond motifs is 2. The monoisotopic (exact) mass is 1050 g/mol. The zero-order valence-corrected chi connectivity index (χ0v) is 43.5. The quantitative estimate of drug-likeness (QED) is 0.0999. The van der Waals surface area contributed by atoms with Crippen LogP contribution in [0.3, 0.4) is 0 Å². The maximum Gasteiger partial charge on any atom is 0.265 e. The fraction of sp³-hybridized carbons (Fsp3) is 0.458. The number of hydrogen-bond acceptors (Lipinski definition) is 12. The smallest absolute Gasteiger partial charge is 0.265 e. The molecule has 370 valence electrons. The Labute approximate surface area is 412 Å². The third-order valence-electron chi connectivity index (χ3n) is 12.4. The van der Waals surface area contributed by atoms with Crippen LogP contribution in [-0.4, -0.2) is 99.2 Å². The topological polar surface area (TPSA) is 213 Å². The van der Waals surface area contributed by atoms with Crippen LogP contribution in [0.15, 0.2) is 81.3 Å². The number of pyridine rings is 2. The Hall–Kier alpha value is -5.48. The van der Waals surface area contributed by atoms with Crippen LogP contribution in [0, 0.1) is 11.8 Å². The lowest BCUT2D eigenvalue weighted by Crippen LogP contribution is -2.26. The lowest BCUT2D eigenvalue weighted by molar-refractivity contribution is -0.106. The molecule has 0 unspecified atom stereocenters. The van der Waals surface area contributed by atoms with Gasteiger partial charge in [-0.05, 0) is 108 Å². The Bertz CT molecular complexity index is 3030. The summed E-state index contributed by atoms with van der Waals surface area (Å²) in [7, 11) is -4.72. The van der Waals surface area contributed by atoms with Crippen LogP contribution in [0.5, 0.6) is 0 Å². The molecule has 0 aliphatic carbocycles. The van der Waals surface area contributed by atoms with Gasteiger partial charge >= 0.3 is 0 Å². The summed E-state index contributed by atoms with van der Waals surface area (Å²) in [5, 5.41) is 4.82. The number of rotatable bonds is 14. The van der Waals surface area contributed by atoms with Gasteiger partial charge in [-0.3, -0.25) is 18.2 Å². The zero-order chi connectivity index (χ0) is 49.9. The van der Waals surface area contributed by atoms with E-state index in [1.165, 1.54) is 53.3 Å². The first-order chi connectivity index (χ1) is 32.6. The molecule has 4 aromatic heterocycles. The summed E-state index contributed by atoms with van der Waals surface area (Å²) < 4.78 is 71.5. The molecule has 0 atom stereocenters. The Balaban J connectivity index is 0.000000204. The standard InChI is InChI=1S/C24H30BrN5O4S.C24H31N5O4S/c1-24(2,3)23-28-20-11-17(5-6-21(20)30(23)14-16-7-9-34-10-8-16)29(4)35(32,33)18-12-19(25)22(26-13-18)27-15-31;1-24(2,3)23-27-20-13-18(5-7-21(20)29(23)15-17-9-11-33-12-10-17)28(4)34(31,32)19-6-8-22(25-14-19)26-16-30/h5-6,11-13,15-16H,7-10,14H2,1-4H3,(H,26,27,31);5-8,13-14,16-17H,9-12,15H2,1-4H3,(H,25,26,30). The van der Waals surface area contributed by atoms with E-state index >= 15 is 0 Å². The molecule has 0 radical (unpaired) electrons. The van der Waals surface area contributed by atoms with Crippen molar-refractivity contribution in [1.82, 2.24) is 29.1 Å². The van der Waals surface area contributed by atoms with Crippen LogP contribution in [-0.2, 0) is 63.0 Å². The largest absolute Gasteiger partial charge is 0.381 e. The van der Waals surface area contributed by atoms with Gasteiger partial charge in [0.1, 0.15) is 33.1 Å². The number of aromatic nitrogens is 6. The number of nitrogens with zero attached hydrogens (tertiary/aromatic N) is 8. The second-order valence-corrected chi connectivity index (χ2v) is 24.2. The molecule has 69 heavy (non-hydrogen) atoms. The van der Waals surface area contributed by atoms with E-state index < -0.39 is 20.0 Å². The number of amides is 2. The molecule has 2 fully saturated rings. The van der Waals surface area contributed by atoms with E-state index in [0.29, 0.717) is 40.5 Å². The summed E-state index contributed by atoms with van der Waals surface area (Å²) in [6, 6.07) is 15.4. The van der Waals surface area contributed by atoms with Gasteiger partial charge in [-0.15, -0.1) is 0 Å². The molecule has 6 aromatic rings. The van der Waals surface area contributed by atoms with E-state index in [-0.39, 0.29) is 32.3 Å². The van der Waals surface area contributed by atoms with Gasteiger partial charge in [-0.1, -0.05) is 41.5 Å². The van der Waals surface area contributed by atoms with Crippen molar-refractivity contribution < 1.29 is 35.9 Å². The van der Waals surface area contributed by atoms with E-state index in [9.17, 15) is 26.4 Å². The number of sulfonamides is 2. The summed E-state index contributed by atoms with van der Waals surface area (Å²) in [5.74, 6) is 3.54. The molecule has 2 aromatic carbocycles. The van der Waals surface area contributed by atoms with Gasteiger partial charge in [-0.25, -0.2) is 36.8 Å². The van der Waals surface area contributed by atoms with Crippen LogP contribution in [0.2, 0.25) is 0 Å². The number of nitrogens with one attached hydrogen (secondary N) is 2. The number of benzene rings is 2. The van der Waals surface area contributed by atoms with Crippen molar-refractivity contribution in [2.24, 2.45) is 11.8 Å². The molecule has 0 saturated carbocycles. The fourth-order valence-corrected chi connectivity index (χ4v) is 11.4. The van der Waals surface area contributed by atoms with Crippen molar-refractivity contribution in [2.45, 2.75) is 101 Å². The average molecular weight is 1050 g/mol. The predicted octanol–water partition coefficient (Wildman–Crippen LogP) is 7.86. The summed E-state index contributed by atoms with van der Waals surface area (Å²) in [6.45, 7) is 17.7. The average Bonchev–Trinajstić information content (AvgIpc) is 3.88. The summed E-state index contributed by atoms with van der Waals surface area (Å²) in [5.41, 5.74) is 4.19. The number of carbonyl (C=O) groups excluding carboxylic acids is 2. The molecule has 21 heteroatoms. The molecule has 2 N–H and O–H groups in total. The molecular weight excluding hydrogens is 989 g/mol. The number of hydrogen-bond donors (Lipinski definition) is 2. The normalized spacial score (nSPS) is 15.4. The number of carbonyl (C=O) groups is 2. The highest BCUT2D eigenvalue weighted by atomic mass is 79.9. The van der Waals surface area contributed by atoms with Crippen LogP contribution >= 0.6 is 15.9 Å². The van der Waals surface area contributed by atoms with Gasteiger partial charge in [0.25, 0.3) is 20.0 Å². The first-order valence-electron chi connectivity index (χ1n) is 22.8. The summed E-state index contributed by atoms with van der Waals surface area (Å²) in [6.07, 6.45) is 7.52. The van der Waals surface area contributed by atoms with E-state index in [1.807, 2.05) is 30.3 Å². The number of anilines is 4. The Morgan fingerprint density at radius 2 is 1.10 bits per heavy atom. The molecule has 8 rings (SSSR count). The highest BCUT2D eigenvalue weighted by molar-refractivity contribution is 9.10. The molecule has 18 nitrogen and oxygen atoms in total. The van der Waals surface area contributed by atoms with Crippen molar-refractivity contribution >= 4 is 93.9 Å². The lowest BCUT2D eigenvalue weighted by atomic mass is 9.94. The van der Waals surface area contributed by atoms with Gasteiger partial charge in [0, 0.05) is 76.8 Å². The van der Waals surface area contributed by atoms with Crippen LogP contribution < -0.4 is 19.2 Å². The Kier molecular flexibility index (Phi) is 15.5. The zero-order valence-electron chi connectivity index (χ0n) is 40.3. The Morgan fingerprint density at radius 3 is 1.51 bits per heavy atom. The van der Waals surface area contributed by atoms with Crippen molar-refractivity contribution in [3.05, 3.63) is 83.1 Å². The number of imidazole rings is 2. The van der Waals surface area contributed by atoms with Crippen molar-refractivity contribution in [3.8, 4) is 0 Å². The van der Waals surface area contributed by atoms with E-state index in [4.69, 9.17) is 19.4 Å². The molecule has 2 aliphatic rings. The molecule has 0 bridgehead atoms. The van der Waals surface area contributed by atoms with Gasteiger partial charge < -0.3 is 29.2 Å². The minimum Gasteiger partial charge on any atom is -0.381 e. The van der Waals surface area contributed by atoms with E-state index in [0.717, 1.165) is 98.9 Å². The van der Waals surface area contributed by atoms with Gasteiger partial charge in [0.2, 0.25) is 12.8 Å². The number of ether oxygens (including phenoxy) is 2. The molecule has 6 heterocycles. The number of halogens is 1. The molecule has 2 aliphatic heterocycles. The highest BCUT2D eigenvalue weighted by Gasteiger charge is 2.30. The van der Waals surface area contributed by atoms with Crippen molar-refractivity contribution in [3.63, 3.8) is 0 Å². The fourth-order valence-electron chi connectivity index (χ4n) is 8.51. The minimum absolute atomic E-state index is 0.00356. The second kappa shape index (κ2) is 20.9. The van der Waals surface area contributed by atoms with E-state index in [2.05, 4.69) is 87.2 Å². The summed E-state index contributed by atoms with van der Waals surface area (Å²) in [4.78, 5) is 39.2. The van der Waals surface area contributed by atoms with Gasteiger partial charge in [-0.2, -0.15) is 0 Å². The maximum atomic E-state index is 13.3. The first-order valence-corrected chi connectivity index (χ1v) is 26.5. The first kappa shape index (κ1) is 51.4. The maximum absolute atomic E-state index is 13.3. The molecular formula is C48H61BrN10O8S2. The lowest BCUT2D eigenvalue weighted by Gasteiger charge is -2.26. The molecule has 2 amide bonds. The van der Waals surface area contributed by atoms with Crippen LogP contribution in [0.1, 0.15) is 78.9 Å². The summed E-state index contributed by atoms with van der Waals surface area (Å²) >= 11 is 3.26. The minimum atomic E-state index is -3.89. The van der Waals surface area contributed by atoms with Crippen molar-refractivity contribution in [1.29, 1.82) is 0 Å². The second-order valence-electron chi connectivity index (χ2n) is 19.4. The Morgan fingerprint density at radius 1 is 0.652 bits per heavy atom. The molecule has 2 saturated heterocycles. The third-order valence-corrected chi connectivity index (χ3v) is 16.5. The van der Waals surface area contributed by atoms with Gasteiger partial charge in [0.05, 0.1) is 37.9 Å². The van der Waals surface area contributed by atoms with Crippen LogP contribution in [0.4, 0.5) is 23.0 Å².